The summed E-state index contributed by atoms with van der Waals surface area (Å²) in [6, 6.07) is 0.252. The van der Waals surface area contributed by atoms with Crippen molar-refractivity contribution < 1.29 is 14.3 Å². The van der Waals surface area contributed by atoms with Crippen LogP contribution in [-0.4, -0.2) is 36.0 Å². The average molecular weight is 225 g/mol. The maximum absolute atomic E-state index is 11.8. The van der Waals surface area contributed by atoms with Crippen molar-refractivity contribution in [2.24, 2.45) is 0 Å². The lowest BCUT2D eigenvalue weighted by molar-refractivity contribution is -0.149. The first-order valence-corrected chi connectivity index (χ1v) is 5.75. The third kappa shape index (κ3) is 4.04. The number of nitrogens with zero attached hydrogens (tertiary/aromatic N) is 1. The Labute approximate surface area is 96.3 Å². The van der Waals surface area contributed by atoms with Crippen molar-refractivity contribution in [3.05, 3.63) is 12.7 Å². The molecule has 1 aliphatic rings. The van der Waals surface area contributed by atoms with E-state index in [1.807, 2.05) is 0 Å². The molecule has 0 aromatic rings. The average Bonchev–Trinajstić information content (AvgIpc) is 3.06. The standard InChI is InChI=1S/C12H19NO3/c1-3-5-6-11(14)13(10-7-8-10)9-12(15)16-4-2/h3,10H,1,4-9H2,2H3. The summed E-state index contributed by atoms with van der Waals surface area (Å²) in [6.45, 7) is 5.79. The molecule has 0 heterocycles. The number of carbonyl (C=O) groups excluding carboxylic acids is 2. The van der Waals surface area contributed by atoms with E-state index in [0.29, 0.717) is 19.4 Å². The van der Waals surface area contributed by atoms with Gasteiger partial charge >= 0.3 is 5.97 Å². The monoisotopic (exact) mass is 225 g/mol. The largest absolute Gasteiger partial charge is 0.465 e. The SMILES string of the molecule is C=CCCC(=O)N(CC(=O)OCC)C1CC1. The predicted octanol–water partition coefficient (Wildman–Crippen LogP) is 1.51. The van der Waals surface area contributed by atoms with E-state index in [1.165, 1.54) is 0 Å². The van der Waals surface area contributed by atoms with E-state index in [0.717, 1.165) is 12.8 Å². The highest BCUT2D eigenvalue weighted by Gasteiger charge is 2.33. The molecule has 4 heteroatoms. The van der Waals surface area contributed by atoms with Gasteiger partial charge in [0, 0.05) is 12.5 Å². The topological polar surface area (TPSA) is 46.6 Å². The molecule has 16 heavy (non-hydrogen) atoms. The predicted molar refractivity (Wildman–Crippen MR) is 60.8 cm³/mol. The second-order valence-corrected chi connectivity index (χ2v) is 3.89. The highest BCUT2D eigenvalue weighted by Crippen LogP contribution is 2.27. The lowest BCUT2D eigenvalue weighted by Crippen LogP contribution is -2.38. The van der Waals surface area contributed by atoms with Crippen LogP contribution in [0, 0.1) is 0 Å². The van der Waals surface area contributed by atoms with Crippen LogP contribution in [0.1, 0.15) is 32.6 Å². The lowest BCUT2D eigenvalue weighted by atomic mass is 10.2. The second-order valence-electron chi connectivity index (χ2n) is 3.89. The molecule has 1 saturated carbocycles. The Morgan fingerprint density at radius 1 is 1.50 bits per heavy atom. The summed E-state index contributed by atoms with van der Waals surface area (Å²) in [6.07, 6.45) is 4.80. The Kier molecular flexibility index (Phi) is 5.02. The van der Waals surface area contributed by atoms with Crippen LogP contribution in [0.5, 0.6) is 0 Å². The van der Waals surface area contributed by atoms with Crippen molar-refractivity contribution in [2.45, 2.75) is 38.6 Å². The van der Waals surface area contributed by atoms with Crippen LogP contribution < -0.4 is 0 Å². The van der Waals surface area contributed by atoms with Gasteiger partial charge in [-0.15, -0.1) is 6.58 Å². The van der Waals surface area contributed by atoms with Crippen molar-refractivity contribution in [3.63, 3.8) is 0 Å². The van der Waals surface area contributed by atoms with E-state index in [2.05, 4.69) is 6.58 Å². The Morgan fingerprint density at radius 3 is 2.69 bits per heavy atom. The minimum absolute atomic E-state index is 0.0236. The van der Waals surface area contributed by atoms with Crippen LogP contribution in [0.4, 0.5) is 0 Å². The van der Waals surface area contributed by atoms with Crippen molar-refractivity contribution in [2.75, 3.05) is 13.2 Å². The van der Waals surface area contributed by atoms with Gasteiger partial charge in [0.25, 0.3) is 0 Å². The number of rotatable bonds is 7. The van der Waals surface area contributed by atoms with Crippen LogP contribution in [-0.2, 0) is 14.3 Å². The summed E-state index contributed by atoms with van der Waals surface area (Å²) in [5.74, 6) is -0.295. The van der Waals surface area contributed by atoms with Crippen molar-refractivity contribution in [1.82, 2.24) is 4.90 Å². The summed E-state index contributed by atoms with van der Waals surface area (Å²) in [4.78, 5) is 24.8. The van der Waals surface area contributed by atoms with Crippen LogP contribution in [0.15, 0.2) is 12.7 Å². The van der Waals surface area contributed by atoms with Gasteiger partial charge < -0.3 is 9.64 Å². The molecular formula is C12H19NO3. The molecule has 4 nitrogen and oxygen atoms in total. The molecule has 1 amide bonds. The van der Waals surface area contributed by atoms with E-state index in [4.69, 9.17) is 4.74 Å². The first-order chi connectivity index (χ1) is 7.69. The molecule has 1 aliphatic carbocycles. The minimum atomic E-state index is -0.318. The third-order valence-corrected chi connectivity index (χ3v) is 2.48. The van der Waals surface area contributed by atoms with Crippen LogP contribution in [0.25, 0.3) is 0 Å². The Hall–Kier alpha value is -1.32. The molecule has 1 rings (SSSR count). The summed E-state index contributed by atoms with van der Waals surface area (Å²) in [5.41, 5.74) is 0. The number of carbonyl (C=O) groups is 2. The van der Waals surface area contributed by atoms with E-state index >= 15 is 0 Å². The van der Waals surface area contributed by atoms with Crippen LogP contribution in [0.3, 0.4) is 0 Å². The smallest absolute Gasteiger partial charge is 0.325 e. The number of allylic oxidation sites excluding steroid dienone is 1. The van der Waals surface area contributed by atoms with Gasteiger partial charge in [0.05, 0.1) is 6.61 Å². The molecule has 0 atom stereocenters. The fourth-order valence-electron chi connectivity index (χ4n) is 1.52. The molecule has 0 radical (unpaired) electrons. The van der Waals surface area contributed by atoms with Gasteiger partial charge in [-0.3, -0.25) is 9.59 Å². The second kappa shape index (κ2) is 6.30. The zero-order valence-electron chi connectivity index (χ0n) is 9.78. The molecule has 0 saturated heterocycles. The van der Waals surface area contributed by atoms with Gasteiger partial charge in [-0.1, -0.05) is 6.08 Å². The minimum Gasteiger partial charge on any atom is -0.465 e. The molecule has 0 aliphatic heterocycles. The fourth-order valence-corrected chi connectivity index (χ4v) is 1.52. The van der Waals surface area contributed by atoms with E-state index in [1.54, 1.807) is 17.9 Å². The zero-order chi connectivity index (χ0) is 12.0. The fraction of sp³-hybridized carbons (Fsp3) is 0.667. The molecule has 0 bridgehead atoms. The van der Waals surface area contributed by atoms with Gasteiger partial charge in [-0.05, 0) is 26.2 Å². The summed E-state index contributed by atoms with van der Waals surface area (Å²) >= 11 is 0. The zero-order valence-corrected chi connectivity index (χ0v) is 9.78. The van der Waals surface area contributed by atoms with Crippen LogP contribution >= 0.6 is 0 Å². The Balaban J connectivity index is 2.43. The summed E-state index contributed by atoms with van der Waals surface area (Å²) in [7, 11) is 0. The molecule has 90 valence electrons. The first kappa shape index (κ1) is 12.7. The maximum atomic E-state index is 11.8. The van der Waals surface area contributed by atoms with E-state index in [9.17, 15) is 9.59 Å². The van der Waals surface area contributed by atoms with Gasteiger partial charge in [-0.2, -0.15) is 0 Å². The molecule has 0 N–H and O–H groups in total. The van der Waals surface area contributed by atoms with Gasteiger partial charge in [-0.25, -0.2) is 0 Å². The Bertz CT molecular complexity index is 271. The highest BCUT2D eigenvalue weighted by atomic mass is 16.5. The van der Waals surface area contributed by atoms with E-state index in [-0.39, 0.29) is 24.5 Å². The quantitative estimate of drug-likeness (QED) is 0.487. The molecule has 0 aromatic carbocycles. The van der Waals surface area contributed by atoms with Crippen molar-refractivity contribution in [1.29, 1.82) is 0 Å². The van der Waals surface area contributed by atoms with E-state index < -0.39 is 0 Å². The number of ether oxygens (including phenoxy) is 1. The maximum Gasteiger partial charge on any atom is 0.325 e. The molecular weight excluding hydrogens is 206 g/mol. The number of hydrogen-bond acceptors (Lipinski definition) is 3. The number of hydrogen-bond donors (Lipinski definition) is 0. The van der Waals surface area contributed by atoms with Gasteiger partial charge in [0.2, 0.25) is 5.91 Å². The Morgan fingerprint density at radius 2 is 2.19 bits per heavy atom. The van der Waals surface area contributed by atoms with Gasteiger partial charge in [0.15, 0.2) is 0 Å². The molecule has 0 aromatic heterocycles. The molecule has 1 fully saturated rings. The van der Waals surface area contributed by atoms with Crippen molar-refractivity contribution >= 4 is 11.9 Å². The molecule has 0 spiro atoms. The van der Waals surface area contributed by atoms with Crippen molar-refractivity contribution in [3.8, 4) is 0 Å². The normalized spacial score (nSPS) is 14.3. The number of amides is 1. The summed E-state index contributed by atoms with van der Waals surface area (Å²) < 4.78 is 4.85. The van der Waals surface area contributed by atoms with Crippen LogP contribution in [0.2, 0.25) is 0 Å². The lowest BCUT2D eigenvalue weighted by Gasteiger charge is -2.20. The third-order valence-electron chi connectivity index (χ3n) is 2.48. The summed E-state index contributed by atoms with van der Waals surface area (Å²) in [5, 5.41) is 0. The highest BCUT2D eigenvalue weighted by molar-refractivity contribution is 5.82. The molecule has 0 unspecified atom stereocenters. The number of esters is 1. The first-order valence-electron chi connectivity index (χ1n) is 5.75. The van der Waals surface area contributed by atoms with Gasteiger partial charge in [0.1, 0.15) is 6.54 Å².